The highest BCUT2D eigenvalue weighted by Gasteiger charge is 2.42. The zero-order valence-corrected chi connectivity index (χ0v) is 20.0. The lowest BCUT2D eigenvalue weighted by Crippen LogP contribution is -2.45. The first-order chi connectivity index (χ1) is 15.8. The van der Waals surface area contributed by atoms with Gasteiger partial charge in [0.1, 0.15) is 18.2 Å². The smallest absolute Gasteiger partial charge is 0.416 e. The van der Waals surface area contributed by atoms with Crippen LogP contribution >= 0.6 is 0 Å². The van der Waals surface area contributed by atoms with E-state index in [2.05, 4.69) is 63.6 Å². The number of carbonyl (C=O) groups is 1. The summed E-state index contributed by atoms with van der Waals surface area (Å²) < 4.78 is 5.21. The van der Waals surface area contributed by atoms with Crippen molar-refractivity contribution in [3.63, 3.8) is 0 Å². The average molecular weight is 454 g/mol. The molecule has 0 spiro atoms. The summed E-state index contributed by atoms with van der Waals surface area (Å²) in [5, 5.41) is 6.76. The second-order valence-electron chi connectivity index (χ2n) is 9.42. The van der Waals surface area contributed by atoms with E-state index in [9.17, 15) is 4.79 Å². The zero-order chi connectivity index (χ0) is 23.6. The van der Waals surface area contributed by atoms with Crippen molar-refractivity contribution in [1.29, 1.82) is 0 Å². The molecule has 1 aromatic carbocycles. The van der Waals surface area contributed by atoms with Gasteiger partial charge in [-0.25, -0.2) is 4.79 Å². The van der Waals surface area contributed by atoms with Gasteiger partial charge in [0.05, 0.1) is 11.6 Å². The van der Waals surface area contributed by atoms with Crippen LogP contribution in [0.2, 0.25) is 0 Å². The molecule has 9 nitrogen and oxygen atoms in total. The Morgan fingerprint density at radius 3 is 2.45 bits per heavy atom. The molecule has 2 unspecified atom stereocenters. The molecule has 2 aliphatic rings. The fourth-order valence-electron chi connectivity index (χ4n) is 4.63. The fourth-order valence-corrected chi connectivity index (χ4v) is 4.63. The van der Waals surface area contributed by atoms with Crippen molar-refractivity contribution in [3.05, 3.63) is 41.5 Å². The van der Waals surface area contributed by atoms with Crippen LogP contribution in [-0.2, 0) is 4.74 Å². The summed E-state index contributed by atoms with van der Waals surface area (Å²) in [6, 6.07) is 10.8. The van der Waals surface area contributed by atoms with Crippen molar-refractivity contribution in [1.82, 2.24) is 20.2 Å². The number of rotatable bonds is 7. The first-order valence-corrected chi connectivity index (χ1v) is 11.7. The molecule has 1 amide bonds. The molecule has 2 aromatic rings. The van der Waals surface area contributed by atoms with Crippen LogP contribution in [-0.4, -0.2) is 59.3 Å². The fraction of sp³-hybridized carbons (Fsp3) is 0.542. The number of nitrogen functional groups attached to an aromatic ring is 1. The lowest BCUT2D eigenvalue weighted by Gasteiger charge is -2.34. The highest BCUT2D eigenvalue weighted by atomic mass is 16.6. The van der Waals surface area contributed by atoms with Crippen molar-refractivity contribution < 1.29 is 9.53 Å². The van der Waals surface area contributed by atoms with Gasteiger partial charge in [-0.05, 0) is 38.3 Å². The molecule has 0 saturated carbocycles. The van der Waals surface area contributed by atoms with Gasteiger partial charge in [0.15, 0.2) is 0 Å². The number of nitrogens with two attached hydrogens (primary N) is 1. The predicted octanol–water partition coefficient (Wildman–Crippen LogP) is 3.32. The summed E-state index contributed by atoms with van der Waals surface area (Å²) in [7, 11) is 0. The number of nitrogens with zero attached hydrogens (tertiary/aromatic N) is 4. The molecule has 1 aromatic heterocycles. The quantitative estimate of drug-likeness (QED) is 0.586. The number of aromatic nitrogens is 2. The summed E-state index contributed by atoms with van der Waals surface area (Å²) in [6.07, 6.45) is 0.658. The van der Waals surface area contributed by atoms with Gasteiger partial charge in [-0.15, -0.1) is 0 Å². The first-order valence-electron chi connectivity index (χ1n) is 11.7. The molecular weight excluding hydrogens is 418 g/mol. The summed E-state index contributed by atoms with van der Waals surface area (Å²) in [5.74, 6) is 1.11. The maximum absolute atomic E-state index is 12.3. The average Bonchev–Trinajstić information content (AvgIpc) is 3.07. The first kappa shape index (κ1) is 23.3. The van der Waals surface area contributed by atoms with Crippen molar-refractivity contribution in [2.24, 2.45) is 0 Å². The topological polar surface area (TPSA) is 109 Å². The van der Waals surface area contributed by atoms with Gasteiger partial charge in [-0.1, -0.05) is 31.2 Å². The Balaban J connectivity index is 1.48. The van der Waals surface area contributed by atoms with E-state index in [4.69, 9.17) is 10.5 Å². The van der Waals surface area contributed by atoms with Crippen LogP contribution in [0.15, 0.2) is 30.3 Å². The van der Waals surface area contributed by atoms with Crippen molar-refractivity contribution >= 4 is 23.7 Å². The summed E-state index contributed by atoms with van der Waals surface area (Å²) in [5.41, 5.74) is 8.00. The monoisotopic (exact) mass is 453 g/mol. The van der Waals surface area contributed by atoms with Crippen LogP contribution in [0.25, 0.3) is 0 Å². The summed E-state index contributed by atoms with van der Waals surface area (Å²) >= 11 is 0. The molecule has 2 atom stereocenters. The third-order valence-corrected chi connectivity index (χ3v) is 6.44. The Morgan fingerprint density at radius 2 is 1.85 bits per heavy atom. The number of piperazine rings is 1. The Bertz CT molecular complexity index is 973. The molecule has 9 heteroatoms. The van der Waals surface area contributed by atoms with Gasteiger partial charge in [0.2, 0.25) is 5.95 Å². The van der Waals surface area contributed by atoms with E-state index < -0.39 is 11.6 Å². The van der Waals surface area contributed by atoms with Crippen molar-refractivity contribution in [2.75, 3.05) is 48.7 Å². The van der Waals surface area contributed by atoms with Crippen LogP contribution in [0.5, 0.6) is 0 Å². The van der Waals surface area contributed by atoms with Crippen LogP contribution < -0.4 is 21.3 Å². The molecule has 178 valence electrons. The lowest BCUT2D eigenvalue weighted by molar-refractivity contribution is 0.169. The normalized spacial score (nSPS) is 20.4. The second kappa shape index (κ2) is 9.52. The molecule has 2 fully saturated rings. The zero-order valence-electron chi connectivity index (χ0n) is 20.0. The molecule has 4 N–H and O–H groups in total. The van der Waals surface area contributed by atoms with Gasteiger partial charge < -0.3 is 21.1 Å². The Kier molecular flexibility index (Phi) is 6.71. The minimum Gasteiger partial charge on any atom is -0.447 e. The van der Waals surface area contributed by atoms with Crippen LogP contribution in [0.3, 0.4) is 0 Å². The molecule has 2 saturated heterocycles. The van der Waals surface area contributed by atoms with Crippen LogP contribution in [0.4, 0.5) is 22.4 Å². The molecular formula is C24H35N7O2. The number of hydrogen-bond acceptors (Lipinski definition) is 8. The van der Waals surface area contributed by atoms with Crippen LogP contribution in [0.1, 0.15) is 57.3 Å². The van der Waals surface area contributed by atoms with Crippen molar-refractivity contribution in [3.8, 4) is 0 Å². The minimum atomic E-state index is -0.503. The van der Waals surface area contributed by atoms with E-state index in [1.54, 1.807) is 6.07 Å². The number of anilines is 3. The number of cyclic esters (lactones) is 1. The summed E-state index contributed by atoms with van der Waals surface area (Å²) in [6.45, 7) is 12.7. The summed E-state index contributed by atoms with van der Waals surface area (Å²) in [4.78, 5) is 25.2. The van der Waals surface area contributed by atoms with E-state index >= 15 is 0 Å². The van der Waals surface area contributed by atoms with Gasteiger partial charge in [0, 0.05) is 38.3 Å². The van der Waals surface area contributed by atoms with Gasteiger partial charge >= 0.3 is 6.09 Å². The highest BCUT2D eigenvalue weighted by Crippen LogP contribution is 2.31. The van der Waals surface area contributed by atoms with Crippen molar-refractivity contribution in [2.45, 2.75) is 51.7 Å². The van der Waals surface area contributed by atoms with E-state index in [1.165, 1.54) is 10.5 Å². The number of nitrogens with one attached hydrogen (secondary N) is 2. The maximum atomic E-state index is 12.3. The number of amides is 1. The Hall–Kier alpha value is -2.91. The molecule has 2 aliphatic heterocycles. The van der Waals surface area contributed by atoms with Gasteiger partial charge in [-0.3, -0.25) is 9.80 Å². The predicted molar refractivity (Wildman–Crippen MR) is 130 cm³/mol. The SMILES string of the molecule is CCC(c1ccc(C(C)Nc2nc(N)cc(N3C(=O)OCC3(C)C)n2)cc1)N1CCNCC1. The molecule has 3 heterocycles. The third kappa shape index (κ3) is 5.04. The maximum Gasteiger partial charge on any atom is 0.416 e. The van der Waals surface area contributed by atoms with E-state index in [0.29, 0.717) is 30.2 Å². The number of ether oxygens (including phenoxy) is 1. The van der Waals surface area contributed by atoms with E-state index in [-0.39, 0.29) is 6.04 Å². The third-order valence-electron chi connectivity index (χ3n) is 6.44. The lowest BCUT2D eigenvalue weighted by atomic mass is 9.98. The molecule has 0 bridgehead atoms. The van der Waals surface area contributed by atoms with E-state index in [0.717, 1.165) is 38.2 Å². The highest BCUT2D eigenvalue weighted by molar-refractivity contribution is 5.90. The number of carbonyl (C=O) groups excluding carboxylic acids is 1. The molecule has 0 aliphatic carbocycles. The van der Waals surface area contributed by atoms with Crippen LogP contribution in [0, 0.1) is 0 Å². The number of hydrogen-bond donors (Lipinski definition) is 3. The standard InChI is InChI=1S/C24H35N7O2/c1-5-19(30-12-10-26-11-13-30)18-8-6-17(7-9-18)16(2)27-22-28-20(25)14-21(29-22)31-23(32)33-15-24(31,3)4/h6-9,14,16,19,26H,5,10-13,15H2,1-4H3,(H3,25,27,28,29). The molecule has 33 heavy (non-hydrogen) atoms. The minimum absolute atomic E-state index is 0.0356. The molecule has 0 radical (unpaired) electrons. The second-order valence-corrected chi connectivity index (χ2v) is 9.42. The largest absolute Gasteiger partial charge is 0.447 e. The van der Waals surface area contributed by atoms with Gasteiger partial charge in [-0.2, -0.15) is 9.97 Å². The molecule has 4 rings (SSSR count). The Labute approximate surface area is 195 Å². The number of benzene rings is 1. The van der Waals surface area contributed by atoms with Gasteiger partial charge in [0.25, 0.3) is 0 Å². The Morgan fingerprint density at radius 1 is 1.18 bits per heavy atom. The van der Waals surface area contributed by atoms with E-state index in [1.807, 2.05) is 13.8 Å².